The SMILES string of the molecule is CCCCCCCCCCCC(=O)N[C@@H](CC(=O)O)C(=O)[O-].[K+]. The summed E-state index contributed by atoms with van der Waals surface area (Å²) in [5.41, 5.74) is 0. The van der Waals surface area contributed by atoms with Crippen LogP contribution in [0.3, 0.4) is 0 Å². The summed E-state index contributed by atoms with van der Waals surface area (Å²) in [4.78, 5) is 32.7. The minimum absolute atomic E-state index is 0. The zero-order valence-electron chi connectivity index (χ0n) is 14.4. The van der Waals surface area contributed by atoms with Crippen LogP contribution < -0.4 is 61.8 Å². The molecule has 0 spiro atoms. The van der Waals surface area contributed by atoms with Crippen LogP contribution >= 0.6 is 0 Å². The van der Waals surface area contributed by atoms with E-state index in [-0.39, 0.29) is 57.8 Å². The van der Waals surface area contributed by atoms with Crippen molar-refractivity contribution in [2.75, 3.05) is 0 Å². The number of unbranched alkanes of at least 4 members (excludes halogenated alkanes) is 8. The number of rotatable bonds is 14. The summed E-state index contributed by atoms with van der Waals surface area (Å²) >= 11 is 0. The second kappa shape index (κ2) is 16.9. The fourth-order valence-electron chi connectivity index (χ4n) is 2.23. The normalized spacial score (nSPS) is 11.3. The fraction of sp³-hybridized carbons (Fsp3) is 0.812. The monoisotopic (exact) mass is 353 g/mol. The van der Waals surface area contributed by atoms with Crippen LogP contribution in [-0.4, -0.2) is 29.0 Å². The van der Waals surface area contributed by atoms with Crippen LogP contribution in [0.1, 0.15) is 77.6 Å². The number of hydrogen-bond donors (Lipinski definition) is 2. The van der Waals surface area contributed by atoms with Crippen LogP contribution in [0.15, 0.2) is 0 Å². The van der Waals surface area contributed by atoms with Gasteiger partial charge in [-0.2, -0.15) is 0 Å². The maximum absolute atomic E-state index is 11.6. The maximum atomic E-state index is 11.6. The molecule has 0 bridgehead atoms. The smallest absolute Gasteiger partial charge is 0.548 e. The largest absolute Gasteiger partial charge is 1.00 e. The average molecular weight is 354 g/mol. The molecule has 0 fully saturated rings. The minimum Gasteiger partial charge on any atom is -0.548 e. The van der Waals surface area contributed by atoms with E-state index in [0.29, 0.717) is 6.42 Å². The molecule has 0 rings (SSSR count). The summed E-state index contributed by atoms with van der Waals surface area (Å²) < 4.78 is 0. The van der Waals surface area contributed by atoms with Crippen LogP contribution in [-0.2, 0) is 14.4 Å². The third kappa shape index (κ3) is 16.7. The van der Waals surface area contributed by atoms with Crippen molar-refractivity contribution in [3.63, 3.8) is 0 Å². The van der Waals surface area contributed by atoms with Crippen LogP contribution in [0.4, 0.5) is 0 Å². The Morgan fingerprint density at radius 1 is 0.957 bits per heavy atom. The third-order valence-electron chi connectivity index (χ3n) is 3.51. The molecule has 0 saturated carbocycles. The molecule has 7 heteroatoms. The molecule has 128 valence electrons. The molecule has 0 aliphatic heterocycles. The Hall–Kier alpha value is 0.0464. The van der Waals surface area contributed by atoms with E-state index >= 15 is 0 Å². The van der Waals surface area contributed by atoms with E-state index in [0.717, 1.165) is 19.3 Å². The standard InChI is InChI=1S/C16H29NO5.K/c1-2-3-4-5-6-7-8-9-10-11-14(18)17-13(16(21)22)12-15(19)20;/h13H,2-12H2,1H3,(H,17,18)(H,19,20)(H,21,22);/q;+1/p-1/t13-;/m0./s1. The van der Waals surface area contributed by atoms with Gasteiger partial charge in [-0.15, -0.1) is 0 Å². The van der Waals surface area contributed by atoms with E-state index < -0.39 is 30.3 Å². The second-order valence-corrected chi connectivity index (χ2v) is 5.62. The molecule has 0 aliphatic carbocycles. The number of aliphatic carboxylic acids is 2. The van der Waals surface area contributed by atoms with Gasteiger partial charge in [0.1, 0.15) is 0 Å². The van der Waals surface area contributed by atoms with Gasteiger partial charge in [-0.05, 0) is 6.42 Å². The molecule has 0 heterocycles. The predicted octanol–water partition coefficient (Wildman–Crippen LogP) is -1.38. The zero-order chi connectivity index (χ0) is 16.8. The van der Waals surface area contributed by atoms with Gasteiger partial charge in [0, 0.05) is 6.42 Å². The summed E-state index contributed by atoms with van der Waals surface area (Å²) in [5.74, 6) is -3.28. The molecule has 0 aromatic carbocycles. The van der Waals surface area contributed by atoms with Crippen LogP contribution in [0.5, 0.6) is 0 Å². The van der Waals surface area contributed by atoms with Gasteiger partial charge in [0.05, 0.1) is 18.4 Å². The third-order valence-corrected chi connectivity index (χ3v) is 3.51. The Morgan fingerprint density at radius 2 is 1.43 bits per heavy atom. The van der Waals surface area contributed by atoms with Crippen LogP contribution in [0.2, 0.25) is 0 Å². The molecule has 6 nitrogen and oxygen atoms in total. The predicted molar refractivity (Wildman–Crippen MR) is 81.0 cm³/mol. The van der Waals surface area contributed by atoms with E-state index in [1.54, 1.807) is 0 Å². The fourth-order valence-corrected chi connectivity index (χ4v) is 2.23. The van der Waals surface area contributed by atoms with Crippen LogP contribution in [0.25, 0.3) is 0 Å². The summed E-state index contributed by atoms with van der Waals surface area (Å²) in [6, 6.07) is -1.46. The first-order chi connectivity index (χ1) is 10.5. The van der Waals surface area contributed by atoms with Crippen molar-refractivity contribution in [3.05, 3.63) is 0 Å². The first kappa shape index (κ1) is 25.3. The number of carboxylic acids is 2. The summed E-state index contributed by atoms with van der Waals surface area (Å²) in [7, 11) is 0. The van der Waals surface area contributed by atoms with Gasteiger partial charge >= 0.3 is 57.4 Å². The van der Waals surface area contributed by atoms with E-state index in [1.165, 1.54) is 32.1 Å². The Bertz CT molecular complexity index is 349. The summed E-state index contributed by atoms with van der Waals surface area (Å²) in [6.07, 6.45) is 9.70. The second-order valence-electron chi connectivity index (χ2n) is 5.62. The Labute approximate surface area is 181 Å². The molecule has 0 aromatic heterocycles. The first-order valence-corrected chi connectivity index (χ1v) is 8.19. The van der Waals surface area contributed by atoms with E-state index in [9.17, 15) is 19.5 Å². The molecule has 23 heavy (non-hydrogen) atoms. The van der Waals surface area contributed by atoms with Gasteiger partial charge in [0.25, 0.3) is 0 Å². The van der Waals surface area contributed by atoms with E-state index in [1.807, 2.05) is 0 Å². The molecule has 0 aliphatic rings. The Morgan fingerprint density at radius 3 is 1.87 bits per heavy atom. The van der Waals surface area contributed by atoms with Crippen molar-refractivity contribution < 1.29 is 76.0 Å². The van der Waals surface area contributed by atoms with Gasteiger partial charge in [0.2, 0.25) is 5.91 Å². The molecular weight excluding hydrogens is 325 g/mol. The van der Waals surface area contributed by atoms with Crippen LogP contribution in [0, 0.1) is 0 Å². The zero-order valence-corrected chi connectivity index (χ0v) is 17.6. The van der Waals surface area contributed by atoms with E-state index in [2.05, 4.69) is 12.2 Å². The molecule has 0 unspecified atom stereocenters. The molecule has 0 radical (unpaired) electrons. The number of amides is 1. The van der Waals surface area contributed by atoms with Crippen molar-refractivity contribution >= 4 is 17.8 Å². The van der Waals surface area contributed by atoms with Gasteiger partial charge in [-0.1, -0.05) is 58.3 Å². The summed E-state index contributed by atoms with van der Waals surface area (Å²) in [6.45, 7) is 2.19. The molecule has 2 N–H and O–H groups in total. The van der Waals surface area contributed by atoms with Gasteiger partial charge in [-0.25, -0.2) is 0 Å². The van der Waals surface area contributed by atoms with Crippen molar-refractivity contribution in [2.45, 2.75) is 83.6 Å². The molecular formula is C16H28KNO5. The number of carbonyl (C=O) groups is 3. The Kier molecular flexibility index (Phi) is 18.6. The molecule has 1 amide bonds. The minimum atomic E-state index is -1.57. The van der Waals surface area contributed by atoms with Gasteiger partial charge in [-0.3, -0.25) is 9.59 Å². The van der Waals surface area contributed by atoms with Gasteiger partial charge < -0.3 is 20.3 Å². The summed E-state index contributed by atoms with van der Waals surface area (Å²) in [5, 5.41) is 21.4. The average Bonchev–Trinajstić information content (AvgIpc) is 2.44. The number of carbonyl (C=O) groups excluding carboxylic acids is 2. The Balaban J connectivity index is 0. The van der Waals surface area contributed by atoms with Crippen molar-refractivity contribution in [3.8, 4) is 0 Å². The van der Waals surface area contributed by atoms with Crippen molar-refractivity contribution in [1.29, 1.82) is 0 Å². The molecule has 0 saturated heterocycles. The quantitative estimate of drug-likeness (QED) is 0.296. The first-order valence-electron chi connectivity index (χ1n) is 8.19. The van der Waals surface area contributed by atoms with Gasteiger partial charge in [0.15, 0.2) is 0 Å². The van der Waals surface area contributed by atoms with Crippen molar-refractivity contribution in [1.82, 2.24) is 5.32 Å². The maximum Gasteiger partial charge on any atom is 1.00 e. The van der Waals surface area contributed by atoms with E-state index in [4.69, 9.17) is 5.11 Å². The topological polar surface area (TPSA) is 107 Å². The number of hydrogen-bond acceptors (Lipinski definition) is 4. The molecule has 0 aromatic rings. The molecule has 1 atom stereocenters. The number of nitrogens with one attached hydrogen (secondary N) is 1. The van der Waals surface area contributed by atoms with Crippen molar-refractivity contribution in [2.24, 2.45) is 0 Å². The number of carboxylic acid groups (broad SMARTS) is 2.